The lowest BCUT2D eigenvalue weighted by molar-refractivity contribution is -0.115. The van der Waals surface area contributed by atoms with E-state index in [4.69, 9.17) is 0 Å². The molecular weight excluding hydrogens is 218 g/mol. The molecule has 3 heteroatoms. The van der Waals surface area contributed by atoms with Crippen LogP contribution in [0.4, 0.5) is 0 Å². The molecule has 1 saturated heterocycles. The maximum atomic E-state index is 11.5. The van der Waals surface area contributed by atoms with Crippen LogP contribution in [0, 0.1) is 0 Å². The van der Waals surface area contributed by atoms with Gasteiger partial charge in [0, 0.05) is 18.7 Å². The highest BCUT2D eigenvalue weighted by molar-refractivity contribution is 8.00. The first-order chi connectivity index (χ1) is 7.65. The zero-order chi connectivity index (χ0) is 12.0. The number of hydrogen-bond acceptors (Lipinski definition) is 3. The van der Waals surface area contributed by atoms with Crippen LogP contribution in [0.2, 0.25) is 0 Å². The maximum absolute atomic E-state index is 11.5. The van der Waals surface area contributed by atoms with Gasteiger partial charge in [-0.15, -0.1) is 11.8 Å². The molecule has 1 aliphatic rings. The molecular formula is C13H23NOS. The Morgan fingerprint density at radius 1 is 1.56 bits per heavy atom. The molecule has 0 radical (unpaired) electrons. The summed E-state index contributed by atoms with van der Waals surface area (Å²) in [6.07, 6.45) is 4.17. The Morgan fingerprint density at radius 3 is 2.94 bits per heavy atom. The lowest BCUT2D eigenvalue weighted by atomic mass is 10.1. The molecule has 0 aromatic heterocycles. The molecule has 92 valence electrons. The third kappa shape index (κ3) is 4.30. The maximum Gasteiger partial charge on any atom is 0.158 e. The fourth-order valence-electron chi connectivity index (χ4n) is 1.91. The SMILES string of the molecule is C=C(C)C(=O)CCC1SCCN1CCCC. The van der Waals surface area contributed by atoms with Crippen molar-refractivity contribution in [2.24, 2.45) is 0 Å². The average Bonchev–Trinajstić information content (AvgIpc) is 2.70. The molecule has 0 saturated carbocycles. The van der Waals surface area contributed by atoms with Crippen molar-refractivity contribution in [2.75, 3.05) is 18.8 Å². The second kappa shape index (κ2) is 7.13. The van der Waals surface area contributed by atoms with Gasteiger partial charge >= 0.3 is 0 Å². The molecule has 0 bridgehead atoms. The number of ketones is 1. The summed E-state index contributed by atoms with van der Waals surface area (Å²) in [6, 6.07) is 0. The van der Waals surface area contributed by atoms with E-state index in [1.807, 2.05) is 11.8 Å². The summed E-state index contributed by atoms with van der Waals surface area (Å²) in [5.74, 6) is 1.44. The summed E-state index contributed by atoms with van der Waals surface area (Å²) in [5.41, 5.74) is 0.697. The van der Waals surface area contributed by atoms with Crippen LogP contribution in [0.5, 0.6) is 0 Å². The second-order valence-electron chi connectivity index (χ2n) is 4.46. The van der Waals surface area contributed by atoms with Gasteiger partial charge in [-0.3, -0.25) is 9.69 Å². The van der Waals surface area contributed by atoms with E-state index in [2.05, 4.69) is 18.4 Å². The van der Waals surface area contributed by atoms with Crippen molar-refractivity contribution in [3.05, 3.63) is 12.2 Å². The van der Waals surface area contributed by atoms with Crippen molar-refractivity contribution in [2.45, 2.75) is 44.9 Å². The lowest BCUT2D eigenvalue weighted by Crippen LogP contribution is -2.29. The minimum atomic E-state index is 0.225. The number of rotatable bonds is 7. The summed E-state index contributed by atoms with van der Waals surface area (Å²) >= 11 is 2.00. The highest BCUT2D eigenvalue weighted by Crippen LogP contribution is 2.27. The first-order valence-corrected chi connectivity index (χ1v) is 7.24. The molecule has 0 amide bonds. The Bertz CT molecular complexity index is 252. The Kier molecular flexibility index (Phi) is 6.14. The van der Waals surface area contributed by atoms with Crippen molar-refractivity contribution >= 4 is 17.5 Å². The molecule has 0 N–H and O–H groups in total. The van der Waals surface area contributed by atoms with Gasteiger partial charge in [0.05, 0.1) is 5.37 Å². The second-order valence-corrected chi connectivity index (χ2v) is 5.74. The van der Waals surface area contributed by atoms with E-state index in [-0.39, 0.29) is 5.78 Å². The topological polar surface area (TPSA) is 20.3 Å². The Hall–Kier alpha value is -0.280. The minimum absolute atomic E-state index is 0.225. The Labute approximate surface area is 103 Å². The summed E-state index contributed by atoms with van der Waals surface area (Å²) in [5, 5.41) is 0.565. The summed E-state index contributed by atoms with van der Waals surface area (Å²) < 4.78 is 0. The first kappa shape index (κ1) is 13.8. The van der Waals surface area contributed by atoms with E-state index in [1.165, 1.54) is 31.7 Å². The molecule has 16 heavy (non-hydrogen) atoms. The van der Waals surface area contributed by atoms with E-state index in [1.54, 1.807) is 6.92 Å². The number of nitrogens with zero attached hydrogens (tertiary/aromatic N) is 1. The summed E-state index contributed by atoms with van der Waals surface area (Å²) in [6.45, 7) is 10.1. The molecule has 1 fully saturated rings. The lowest BCUT2D eigenvalue weighted by Gasteiger charge is -2.22. The van der Waals surface area contributed by atoms with Gasteiger partial charge in [-0.1, -0.05) is 19.9 Å². The molecule has 1 unspecified atom stereocenters. The summed E-state index contributed by atoms with van der Waals surface area (Å²) in [4.78, 5) is 14.0. The van der Waals surface area contributed by atoms with Crippen molar-refractivity contribution in [3.63, 3.8) is 0 Å². The molecule has 1 atom stereocenters. The van der Waals surface area contributed by atoms with Crippen LogP contribution in [-0.4, -0.2) is 34.9 Å². The number of unbranched alkanes of at least 4 members (excludes halogenated alkanes) is 1. The first-order valence-electron chi connectivity index (χ1n) is 6.19. The molecule has 0 aliphatic carbocycles. The predicted octanol–water partition coefficient (Wildman–Crippen LogP) is 3.09. The van der Waals surface area contributed by atoms with Gasteiger partial charge < -0.3 is 0 Å². The van der Waals surface area contributed by atoms with Crippen LogP contribution < -0.4 is 0 Å². The van der Waals surface area contributed by atoms with Gasteiger partial charge in [0.2, 0.25) is 0 Å². The molecule has 0 aromatic rings. The zero-order valence-electron chi connectivity index (χ0n) is 10.5. The summed E-state index contributed by atoms with van der Waals surface area (Å²) in [7, 11) is 0. The van der Waals surface area contributed by atoms with Crippen molar-refractivity contribution < 1.29 is 4.79 Å². The number of hydrogen-bond donors (Lipinski definition) is 0. The molecule has 1 rings (SSSR count). The number of allylic oxidation sites excluding steroid dienone is 1. The van der Waals surface area contributed by atoms with Gasteiger partial charge in [0.15, 0.2) is 5.78 Å². The largest absolute Gasteiger partial charge is 0.295 e. The third-order valence-corrected chi connectivity index (χ3v) is 4.33. The molecule has 1 heterocycles. The van der Waals surface area contributed by atoms with E-state index in [0.717, 1.165) is 6.42 Å². The predicted molar refractivity (Wildman–Crippen MR) is 71.8 cm³/mol. The van der Waals surface area contributed by atoms with E-state index in [9.17, 15) is 4.79 Å². The average molecular weight is 241 g/mol. The third-order valence-electron chi connectivity index (χ3n) is 2.99. The highest BCUT2D eigenvalue weighted by Gasteiger charge is 2.24. The monoisotopic (exact) mass is 241 g/mol. The highest BCUT2D eigenvalue weighted by atomic mass is 32.2. The number of carbonyl (C=O) groups excluding carboxylic acids is 1. The number of Topliss-reactive ketones (excluding diaryl/α,β-unsaturated/α-hetero) is 1. The fourth-order valence-corrected chi connectivity index (χ4v) is 3.22. The Balaban J connectivity index is 2.29. The van der Waals surface area contributed by atoms with Gasteiger partial charge in [-0.2, -0.15) is 0 Å². The normalized spacial score (nSPS) is 21.2. The van der Waals surface area contributed by atoms with Crippen molar-refractivity contribution in [1.82, 2.24) is 4.90 Å². The molecule has 0 aromatic carbocycles. The molecule has 2 nitrogen and oxygen atoms in total. The number of carbonyl (C=O) groups is 1. The van der Waals surface area contributed by atoms with Crippen LogP contribution in [-0.2, 0) is 4.79 Å². The van der Waals surface area contributed by atoms with Crippen LogP contribution in [0.3, 0.4) is 0 Å². The fraction of sp³-hybridized carbons (Fsp3) is 0.769. The van der Waals surface area contributed by atoms with E-state index >= 15 is 0 Å². The molecule has 1 aliphatic heterocycles. The van der Waals surface area contributed by atoms with Crippen molar-refractivity contribution in [1.29, 1.82) is 0 Å². The van der Waals surface area contributed by atoms with Gasteiger partial charge in [-0.05, 0) is 31.9 Å². The van der Waals surface area contributed by atoms with Crippen LogP contribution in [0.1, 0.15) is 39.5 Å². The van der Waals surface area contributed by atoms with E-state index in [0.29, 0.717) is 17.4 Å². The quantitative estimate of drug-likeness (QED) is 0.639. The zero-order valence-corrected chi connectivity index (χ0v) is 11.3. The Morgan fingerprint density at radius 2 is 2.31 bits per heavy atom. The smallest absolute Gasteiger partial charge is 0.158 e. The van der Waals surface area contributed by atoms with Gasteiger partial charge in [0.25, 0.3) is 0 Å². The van der Waals surface area contributed by atoms with Crippen LogP contribution in [0.15, 0.2) is 12.2 Å². The minimum Gasteiger partial charge on any atom is -0.295 e. The molecule has 0 spiro atoms. The van der Waals surface area contributed by atoms with Crippen LogP contribution in [0.25, 0.3) is 0 Å². The number of thioether (sulfide) groups is 1. The van der Waals surface area contributed by atoms with Crippen molar-refractivity contribution in [3.8, 4) is 0 Å². The van der Waals surface area contributed by atoms with Gasteiger partial charge in [0.1, 0.15) is 0 Å². The van der Waals surface area contributed by atoms with Crippen LogP contribution >= 0.6 is 11.8 Å². The van der Waals surface area contributed by atoms with Gasteiger partial charge in [-0.25, -0.2) is 0 Å². The standard InChI is InChI=1S/C13H23NOS/c1-4-5-8-14-9-10-16-13(14)7-6-12(15)11(2)3/h13H,2,4-10H2,1,3H3. The van der Waals surface area contributed by atoms with E-state index < -0.39 is 0 Å².